The van der Waals surface area contributed by atoms with Crippen LogP contribution in [0.3, 0.4) is 0 Å². The minimum atomic E-state index is 0.188. The summed E-state index contributed by atoms with van der Waals surface area (Å²) >= 11 is 0. The molecule has 9 fully saturated rings. The lowest BCUT2D eigenvalue weighted by Gasteiger charge is -2.57. The third-order valence-corrected chi connectivity index (χ3v) is 18.2. The molecule has 12 aliphatic carbocycles. The monoisotopic (exact) mass is 648 g/mol. The van der Waals surface area contributed by atoms with Crippen LogP contribution in [-0.4, -0.2) is 0 Å². The van der Waals surface area contributed by atoms with Crippen molar-refractivity contribution in [3.63, 3.8) is 0 Å². The minimum Gasteiger partial charge on any atom is -0.0605 e. The molecule has 0 aromatic heterocycles. The lowest BCUT2D eigenvalue weighted by molar-refractivity contribution is -0.00534. The molecule has 0 N–H and O–H groups in total. The Morgan fingerprint density at radius 2 is 1.08 bits per heavy atom. The highest BCUT2D eigenvalue weighted by molar-refractivity contribution is 5.82. The first-order chi connectivity index (χ1) is 23.6. The van der Waals surface area contributed by atoms with Crippen molar-refractivity contribution in [1.29, 1.82) is 0 Å². The van der Waals surface area contributed by atoms with Gasteiger partial charge in [0.2, 0.25) is 0 Å². The number of fused-ring (bicyclic) bond motifs is 5. The van der Waals surface area contributed by atoms with Crippen LogP contribution in [0.4, 0.5) is 0 Å². The molecule has 0 saturated heterocycles. The van der Waals surface area contributed by atoms with Crippen molar-refractivity contribution in [2.75, 3.05) is 0 Å². The Hall–Kier alpha value is -2.08. The highest BCUT2D eigenvalue weighted by atomic mass is 14.6. The lowest BCUT2D eigenvalue weighted by Crippen LogP contribution is -2.48. The van der Waals surface area contributed by atoms with Crippen LogP contribution >= 0.6 is 0 Å². The van der Waals surface area contributed by atoms with Gasteiger partial charge in [-0.15, -0.1) is 0 Å². The van der Waals surface area contributed by atoms with E-state index in [1.54, 1.807) is 44.5 Å². The van der Waals surface area contributed by atoms with Crippen molar-refractivity contribution in [2.24, 2.45) is 58.2 Å². The summed E-state index contributed by atoms with van der Waals surface area (Å²) in [4.78, 5) is 0. The van der Waals surface area contributed by atoms with Crippen LogP contribution in [0.25, 0.3) is 11.1 Å². The molecule has 12 aliphatic rings. The van der Waals surface area contributed by atoms with Crippen LogP contribution in [0.2, 0.25) is 0 Å². The van der Waals surface area contributed by atoms with Crippen molar-refractivity contribution >= 4 is 0 Å². The zero-order valence-corrected chi connectivity index (χ0v) is 31.1. The van der Waals surface area contributed by atoms with E-state index in [9.17, 15) is 0 Å². The molecule has 2 aromatic carbocycles. The normalized spacial score (nSPS) is 46.4. The van der Waals surface area contributed by atoms with Gasteiger partial charge in [-0.25, -0.2) is 0 Å². The van der Waals surface area contributed by atoms with Crippen molar-refractivity contribution in [2.45, 2.75) is 147 Å². The number of benzene rings is 2. The maximum Gasteiger partial charge on any atom is 0.0199 e. The Morgan fingerprint density at radius 1 is 0.612 bits per heavy atom. The van der Waals surface area contributed by atoms with Crippen LogP contribution in [0.15, 0.2) is 59.2 Å². The molecule has 3 atom stereocenters. The fourth-order valence-electron chi connectivity index (χ4n) is 17.1. The second-order valence-electron chi connectivity index (χ2n) is 21.9. The van der Waals surface area contributed by atoms with Gasteiger partial charge in [0, 0.05) is 11.3 Å². The van der Waals surface area contributed by atoms with E-state index < -0.39 is 0 Å². The number of rotatable bonds is 3. The standard InChI is InChI=1S/C49H60/c1-46(2,3)36-20-42-37-6-5-7-43(37)47(4,44(42)21-36)45-38-10-8-34(48-22-28-12-29(23-48)14-30(13-28)24-48)18-40(38)41-19-35(9-11-39(41)45)49-25-31-15-32(26-49)17-33(16-31)27-49/h8-11,18-19,21,28-33,37,43,45H,5-7,12-17,20,22-27H2,1-4H3. The second kappa shape index (κ2) is 9.47. The molecule has 3 unspecified atom stereocenters. The van der Waals surface area contributed by atoms with Crippen molar-refractivity contribution < 1.29 is 0 Å². The van der Waals surface area contributed by atoms with Gasteiger partial charge in [0.1, 0.15) is 0 Å². The summed E-state index contributed by atoms with van der Waals surface area (Å²) in [7, 11) is 0. The first kappa shape index (κ1) is 29.5. The van der Waals surface area contributed by atoms with Gasteiger partial charge >= 0.3 is 0 Å². The van der Waals surface area contributed by atoms with Crippen LogP contribution in [0.1, 0.15) is 159 Å². The molecule has 256 valence electrons. The van der Waals surface area contributed by atoms with Crippen LogP contribution in [0, 0.1) is 58.2 Å². The van der Waals surface area contributed by atoms with Gasteiger partial charge in [-0.05, 0) is 199 Å². The van der Waals surface area contributed by atoms with Gasteiger partial charge in [0.25, 0.3) is 0 Å². The average molecular weight is 649 g/mol. The molecule has 0 nitrogen and oxygen atoms in total. The average Bonchev–Trinajstić information content (AvgIpc) is 3.82. The molecular weight excluding hydrogens is 589 g/mol. The summed E-state index contributed by atoms with van der Waals surface area (Å²) < 4.78 is 0. The number of hydrogen-bond donors (Lipinski definition) is 0. The molecule has 49 heavy (non-hydrogen) atoms. The first-order valence-electron chi connectivity index (χ1n) is 21.3. The van der Waals surface area contributed by atoms with E-state index in [0.717, 1.165) is 47.3 Å². The van der Waals surface area contributed by atoms with Crippen molar-refractivity contribution in [3.05, 3.63) is 81.4 Å². The molecule has 9 saturated carbocycles. The molecule has 2 aromatic rings. The van der Waals surface area contributed by atoms with Gasteiger partial charge < -0.3 is 0 Å². The van der Waals surface area contributed by atoms with E-state index in [2.05, 4.69) is 70.2 Å². The highest BCUT2D eigenvalue weighted by Gasteiger charge is 2.60. The molecular formula is C49H60. The molecule has 14 rings (SSSR count). The topological polar surface area (TPSA) is 0 Å². The number of hydrogen-bond acceptors (Lipinski definition) is 0. The van der Waals surface area contributed by atoms with Crippen LogP contribution in [-0.2, 0) is 10.8 Å². The second-order valence-corrected chi connectivity index (χ2v) is 21.9. The summed E-state index contributed by atoms with van der Waals surface area (Å²) in [5.41, 5.74) is 16.9. The van der Waals surface area contributed by atoms with E-state index in [-0.39, 0.29) is 10.8 Å². The largest absolute Gasteiger partial charge is 0.0605 e. The van der Waals surface area contributed by atoms with Gasteiger partial charge in [-0.2, -0.15) is 0 Å². The maximum absolute atomic E-state index is 2.84. The molecule has 0 heteroatoms. The van der Waals surface area contributed by atoms with Crippen molar-refractivity contribution in [3.8, 4) is 11.1 Å². The molecule has 8 bridgehead atoms. The first-order valence-corrected chi connectivity index (χ1v) is 21.3. The minimum absolute atomic E-state index is 0.188. The van der Waals surface area contributed by atoms with Gasteiger partial charge in [-0.3, -0.25) is 0 Å². The number of allylic oxidation sites excluding steroid dienone is 4. The predicted octanol–water partition coefficient (Wildman–Crippen LogP) is 12.8. The van der Waals surface area contributed by atoms with Gasteiger partial charge in [-0.1, -0.05) is 87.7 Å². The summed E-state index contributed by atoms with van der Waals surface area (Å²) in [5.74, 6) is 8.07. The Bertz CT molecular complexity index is 1690. The summed E-state index contributed by atoms with van der Waals surface area (Å²) in [6.45, 7) is 10.2. The predicted molar refractivity (Wildman–Crippen MR) is 202 cm³/mol. The molecule has 0 aliphatic heterocycles. The van der Waals surface area contributed by atoms with E-state index in [1.165, 1.54) is 103 Å². The molecule has 0 amide bonds. The fraction of sp³-hybridized carbons (Fsp3) is 0.673. The Balaban J connectivity index is 1.04. The zero-order chi connectivity index (χ0) is 32.7. The van der Waals surface area contributed by atoms with E-state index in [1.807, 2.05) is 5.57 Å². The quantitative estimate of drug-likeness (QED) is 0.311. The SMILES string of the molecule is CC(C)(C)C1=CC2=C(C1)C1CCCC1C2(C)C1c2ccc(C34CC5CC(CC(C5)C3)C4)cc2-c2cc(C34CC5CC(CC(C5)C3)C4)ccc21. The van der Waals surface area contributed by atoms with Crippen LogP contribution < -0.4 is 0 Å². The molecule has 0 heterocycles. The Morgan fingerprint density at radius 3 is 1.53 bits per heavy atom. The van der Waals surface area contributed by atoms with E-state index >= 15 is 0 Å². The Labute approximate surface area is 297 Å². The highest BCUT2D eigenvalue weighted by Crippen LogP contribution is 2.71. The Kier molecular flexibility index (Phi) is 5.70. The van der Waals surface area contributed by atoms with Crippen molar-refractivity contribution in [1.82, 2.24) is 0 Å². The van der Waals surface area contributed by atoms with Crippen LogP contribution in [0.5, 0.6) is 0 Å². The smallest absolute Gasteiger partial charge is 0.0199 e. The third kappa shape index (κ3) is 3.84. The van der Waals surface area contributed by atoms with E-state index in [0.29, 0.717) is 16.7 Å². The third-order valence-electron chi connectivity index (χ3n) is 18.2. The zero-order valence-electron chi connectivity index (χ0n) is 31.1. The summed E-state index contributed by atoms with van der Waals surface area (Å²) in [5, 5.41) is 0. The van der Waals surface area contributed by atoms with Gasteiger partial charge in [0.05, 0.1) is 0 Å². The maximum atomic E-state index is 2.84. The lowest BCUT2D eigenvalue weighted by atomic mass is 9.48. The molecule has 0 spiro atoms. The van der Waals surface area contributed by atoms with E-state index in [4.69, 9.17) is 0 Å². The van der Waals surface area contributed by atoms with Gasteiger partial charge in [0.15, 0.2) is 0 Å². The summed E-state index contributed by atoms with van der Waals surface area (Å²) in [6, 6.07) is 16.6. The fourth-order valence-corrected chi connectivity index (χ4v) is 17.1. The summed E-state index contributed by atoms with van der Waals surface area (Å²) in [6.07, 6.45) is 26.3. The molecule has 0 radical (unpaired) electrons.